The molecule has 0 saturated heterocycles. The van der Waals surface area contributed by atoms with Gasteiger partial charge in [0.2, 0.25) is 0 Å². The zero-order valence-electron chi connectivity index (χ0n) is 10.8. The van der Waals surface area contributed by atoms with Gasteiger partial charge in [0.15, 0.2) is 0 Å². The van der Waals surface area contributed by atoms with Crippen LogP contribution < -0.4 is 5.73 Å². The molecule has 0 aliphatic heterocycles. The Morgan fingerprint density at radius 1 is 1.50 bits per heavy atom. The van der Waals surface area contributed by atoms with Crippen molar-refractivity contribution in [2.45, 2.75) is 12.6 Å². The van der Waals surface area contributed by atoms with Gasteiger partial charge >= 0.3 is 0 Å². The molecule has 0 saturated carbocycles. The number of hydrogen-bond acceptors (Lipinski definition) is 4. The van der Waals surface area contributed by atoms with E-state index in [1.165, 1.54) is 0 Å². The highest BCUT2D eigenvalue weighted by Crippen LogP contribution is 2.11. The van der Waals surface area contributed by atoms with E-state index in [2.05, 4.69) is 0 Å². The molecule has 100 valence electrons. The largest absolute Gasteiger partial charge is 0.389 e. The minimum absolute atomic E-state index is 0.335. The Balaban J connectivity index is 2.64. The van der Waals surface area contributed by atoms with Gasteiger partial charge in [0.05, 0.1) is 12.7 Å². The maximum absolute atomic E-state index is 9.66. The van der Waals surface area contributed by atoms with E-state index >= 15 is 0 Å². The van der Waals surface area contributed by atoms with Crippen LogP contribution in [0.5, 0.6) is 0 Å². The number of rotatable bonds is 7. The molecule has 0 amide bonds. The first kappa shape index (κ1) is 15.0. The molecule has 1 aromatic rings. The van der Waals surface area contributed by atoms with E-state index in [1.807, 2.05) is 36.2 Å². The second-order valence-electron chi connectivity index (χ2n) is 4.33. The summed E-state index contributed by atoms with van der Waals surface area (Å²) < 4.78 is 4.90. The summed E-state index contributed by atoms with van der Waals surface area (Å²) in [4.78, 5) is 2.41. The quantitative estimate of drug-likeness (QED) is 0.715. The minimum atomic E-state index is -0.489. The van der Waals surface area contributed by atoms with Crippen molar-refractivity contribution in [1.29, 1.82) is 0 Å². The monoisotopic (exact) mass is 268 g/mol. The van der Waals surface area contributed by atoms with E-state index in [1.54, 1.807) is 7.11 Å². The Morgan fingerprint density at radius 3 is 2.78 bits per heavy atom. The number of methoxy groups -OCH3 is 1. The summed E-state index contributed by atoms with van der Waals surface area (Å²) in [7, 11) is 3.51. The number of likely N-dealkylation sites (N-methyl/N-ethyl adjacent to an activating group) is 1. The molecular formula is C13H20N2O2S. The van der Waals surface area contributed by atoms with Gasteiger partial charge in [-0.2, -0.15) is 0 Å². The fourth-order valence-electron chi connectivity index (χ4n) is 1.86. The summed E-state index contributed by atoms with van der Waals surface area (Å²) in [5.41, 5.74) is 7.64. The molecule has 0 spiro atoms. The summed E-state index contributed by atoms with van der Waals surface area (Å²) in [5, 5.41) is 9.66. The zero-order valence-corrected chi connectivity index (χ0v) is 11.6. The number of nitrogens with zero attached hydrogens (tertiary/aromatic N) is 1. The number of thiocarbonyl (C=S) groups is 1. The van der Waals surface area contributed by atoms with Gasteiger partial charge in [0.25, 0.3) is 0 Å². The molecule has 1 atom stereocenters. The van der Waals surface area contributed by atoms with Crippen molar-refractivity contribution in [1.82, 2.24) is 4.90 Å². The maximum Gasteiger partial charge on any atom is 0.104 e. The van der Waals surface area contributed by atoms with Crippen molar-refractivity contribution in [3.63, 3.8) is 0 Å². The summed E-state index contributed by atoms with van der Waals surface area (Å²) in [6, 6.07) is 7.78. The van der Waals surface area contributed by atoms with Crippen molar-refractivity contribution in [2.24, 2.45) is 5.73 Å². The summed E-state index contributed by atoms with van der Waals surface area (Å²) >= 11 is 5.02. The SMILES string of the molecule is COCC(O)CN(C)Cc1ccccc1C(N)=S. The van der Waals surface area contributed by atoms with E-state index in [0.29, 0.717) is 24.7 Å². The maximum atomic E-state index is 9.66. The van der Waals surface area contributed by atoms with Gasteiger partial charge in [-0.1, -0.05) is 36.5 Å². The summed E-state index contributed by atoms with van der Waals surface area (Å²) in [6.45, 7) is 1.56. The van der Waals surface area contributed by atoms with Gasteiger partial charge in [-0.05, 0) is 12.6 Å². The lowest BCUT2D eigenvalue weighted by molar-refractivity contribution is 0.0419. The first-order valence-corrected chi connectivity index (χ1v) is 6.18. The predicted octanol–water partition coefficient (Wildman–Crippen LogP) is 0.760. The number of hydrogen-bond donors (Lipinski definition) is 2. The molecule has 1 aromatic carbocycles. The molecule has 1 unspecified atom stereocenters. The normalized spacial score (nSPS) is 12.7. The van der Waals surface area contributed by atoms with Crippen molar-refractivity contribution < 1.29 is 9.84 Å². The van der Waals surface area contributed by atoms with E-state index in [-0.39, 0.29) is 0 Å². The predicted molar refractivity (Wildman–Crippen MR) is 76.5 cm³/mol. The van der Waals surface area contributed by atoms with Crippen LogP contribution in [0.1, 0.15) is 11.1 Å². The first-order chi connectivity index (χ1) is 8.54. The van der Waals surface area contributed by atoms with Crippen molar-refractivity contribution in [3.05, 3.63) is 35.4 Å². The third-order valence-electron chi connectivity index (χ3n) is 2.60. The smallest absolute Gasteiger partial charge is 0.104 e. The molecular weight excluding hydrogens is 248 g/mol. The minimum Gasteiger partial charge on any atom is -0.389 e. The molecule has 5 heteroatoms. The van der Waals surface area contributed by atoms with E-state index in [9.17, 15) is 5.11 Å². The summed E-state index contributed by atoms with van der Waals surface area (Å²) in [5.74, 6) is 0. The fourth-order valence-corrected chi connectivity index (χ4v) is 2.06. The van der Waals surface area contributed by atoms with Crippen molar-refractivity contribution in [2.75, 3.05) is 27.3 Å². The fraction of sp³-hybridized carbons (Fsp3) is 0.462. The van der Waals surface area contributed by atoms with Crippen molar-refractivity contribution in [3.8, 4) is 0 Å². The van der Waals surface area contributed by atoms with Crippen LogP contribution in [0.3, 0.4) is 0 Å². The Bertz CT molecular complexity index is 398. The van der Waals surface area contributed by atoms with Crippen LogP contribution in [0.25, 0.3) is 0 Å². The number of nitrogens with two attached hydrogens (primary N) is 1. The zero-order chi connectivity index (χ0) is 13.5. The first-order valence-electron chi connectivity index (χ1n) is 5.77. The van der Waals surface area contributed by atoms with E-state index < -0.39 is 6.10 Å². The molecule has 18 heavy (non-hydrogen) atoms. The van der Waals surface area contributed by atoms with Crippen LogP contribution in [-0.2, 0) is 11.3 Å². The molecule has 0 aliphatic rings. The van der Waals surface area contributed by atoms with Crippen LogP contribution in [0.4, 0.5) is 0 Å². The third kappa shape index (κ3) is 4.70. The number of ether oxygens (including phenoxy) is 1. The lowest BCUT2D eigenvalue weighted by Gasteiger charge is -2.21. The number of aliphatic hydroxyl groups excluding tert-OH is 1. The summed E-state index contributed by atoms with van der Waals surface area (Å²) in [6.07, 6.45) is -0.489. The Morgan fingerprint density at radius 2 is 2.17 bits per heavy atom. The highest BCUT2D eigenvalue weighted by Gasteiger charge is 2.11. The van der Waals surface area contributed by atoms with Gasteiger partial charge in [-0.25, -0.2) is 0 Å². The Labute approximate surface area is 113 Å². The molecule has 0 heterocycles. The molecule has 1 rings (SSSR count). The van der Waals surface area contributed by atoms with Crippen LogP contribution >= 0.6 is 12.2 Å². The molecule has 3 N–H and O–H groups in total. The third-order valence-corrected chi connectivity index (χ3v) is 2.82. The molecule has 0 radical (unpaired) electrons. The van der Waals surface area contributed by atoms with Crippen molar-refractivity contribution >= 4 is 17.2 Å². The second-order valence-corrected chi connectivity index (χ2v) is 4.77. The van der Waals surface area contributed by atoms with Crippen LogP contribution in [0.2, 0.25) is 0 Å². The van der Waals surface area contributed by atoms with Crippen LogP contribution in [0.15, 0.2) is 24.3 Å². The highest BCUT2D eigenvalue weighted by molar-refractivity contribution is 7.80. The molecule has 0 aromatic heterocycles. The standard InChI is InChI=1S/C13H20N2O2S/c1-15(8-11(16)9-17-2)7-10-5-3-4-6-12(10)13(14)18/h3-6,11,16H,7-9H2,1-2H3,(H2,14,18). The van der Waals surface area contributed by atoms with E-state index in [4.69, 9.17) is 22.7 Å². The molecule has 4 nitrogen and oxygen atoms in total. The second kappa shape index (κ2) is 7.43. The van der Waals surface area contributed by atoms with Gasteiger partial charge in [0, 0.05) is 25.8 Å². The van der Waals surface area contributed by atoms with Gasteiger partial charge in [0.1, 0.15) is 4.99 Å². The number of benzene rings is 1. The van der Waals surface area contributed by atoms with Gasteiger partial charge in [-0.15, -0.1) is 0 Å². The van der Waals surface area contributed by atoms with Crippen LogP contribution in [0, 0.1) is 0 Å². The Hall–Kier alpha value is -1.01. The molecule has 0 aliphatic carbocycles. The number of aliphatic hydroxyl groups is 1. The average Bonchev–Trinajstić information content (AvgIpc) is 2.29. The van der Waals surface area contributed by atoms with Crippen LogP contribution in [-0.4, -0.2) is 48.4 Å². The van der Waals surface area contributed by atoms with Gasteiger partial charge < -0.3 is 15.6 Å². The molecule has 0 fully saturated rings. The lowest BCUT2D eigenvalue weighted by atomic mass is 10.1. The van der Waals surface area contributed by atoms with Gasteiger partial charge in [-0.3, -0.25) is 4.90 Å². The lowest BCUT2D eigenvalue weighted by Crippen LogP contribution is -2.32. The topological polar surface area (TPSA) is 58.7 Å². The highest BCUT2D eigenvalue weighted by atomic mass is 32.1. The van der Waals surface area contributed by atoms with E-state index in [0.717, 1.165) is 11.1 Å². The Kier molecular flexibility index (Phi) is 6.21. The average molecular weight is 268 g/mol. The molecule has 0 bridgehead atoms.